The molecule has 0 saturated carbocycles. The van der Waals surface area contributed by atoms with Crippen molar-refractivity contribution >= 4 is 32.5 Å². The number of rotatable bonds is 4. The summed E-state index contributed by atoms with van der Waals surface area (Å²) in [7, 11) is 3.87. The topological polar surface area (TPSA) is 45.7 Å². The van der Waals surface area contributed by atoms with Gasteiger partial charge in [0.1, 0.15) is 5.82 Å². The Bertz CT molecular complexity index is 512. The van der Waals surface area contributed by atoms with E-state index < -0.39 is 0 Å². The second-order valence-corrected chi connectivity index (χ2v) is 5.64. The zero-order chi connectivity index (χ0) is 16.5. The average Bonchev–Trinajstić information content (AvgIpc) is 2.56. The van der Waals surface area contributed by atoms with Crippen molar-refractivity contribution in [1.29, 1.82) is 0 Å². The van der Waals surface area contributed by atoms with Gasteiger partial charge < -0.3 is 14.5 Å². The van der Waals surface area contributed by atoms with Crippen molar-refractivity contribution in [2.24, 2.45) is 0 Å². The highest BCUT2D eigenvalue weighted by Gasteiger charge is 2.15. The van der Waals surface area contributed by atoms with E-state index in [0.717, 1.165) is 35.2 Å². The van der Waals surface area contributed by atoms with Crippen LogP contribution in [0.15, 0.2) is 18.5 Å². The molecule has 0 aliphatic carbocycles. The Hall–Kier alpha value is -1.40. The highest BCUT2D eigenvalue weighted by Crippen LogP contribution is 2.27. The second kappa shape index (κ2) is 9.58. The van der Waals surface area contributed by atoms with Gasteiger partial charge in [-0.3, -0.25) is 4.79 Å². The summed E-state index contributed by atoms with van der Waals surface area (Å²) in [5.41, 5.74) is 1.43. The number of nitrogens with zero attached hydrogens (tertiary/aromatic N) is 3. The third-order valence-electron chi connectivity index (χ3n) is 3.01. The molecule has 0 spiro atoms. The van der Waals surface area contributed by atoms with Crippen LogP contribution in [-0.2, 0) is 4.74 Å². The Morgan fingerprint density at radius 3 is 2.55 bits per heavy atom. The largest absolute Gasteiger partial charge is 0.383 e. The van der Waals surface area contributed by atoms with E-state index in [0.29, 0.717) is 18.8 Å². The molecular formula is C16H24BrN3O2. The molecule has 2 rings (SSSR count). The molecule has 0 bridgehead atoms. The zero-order valence-corrected chi connectivity index (χ0v) is 15.3. The number of hydrogen-bond acceptors (Lipinski definition) is 5. The monoisotopic (exact) mass is 369 g/mol. The number of aldehydes is 1. The lowest BCUT2D eigenvalue weighted by Gasteiger charge is -2.28. The van der Waals surface area contributed by atoms with E-state index in [4.69, 9.17) is 4.74 Å². The molecular weight excluding hydrogens is 346 g/mol. The van der Waals surface area contributed by atoms with Gasteiger partial charge in [0.25, 0.3) is 0 Å². The number of carbonyl (C=O) groups excluding carboxylic acids is 1. The third-order valence-corrected chi connectivity index (χ3v) is 3.64. The van der Waals surface area contributed by atoms with Gasteiger partial charge in [-0.25, -0.2) is 4.98 Å². The molecule has 1 fully saturated rings. The van der Waals surface area contributed by atoms with E-state index in [1.807, 2.05) is 45.1 Å². The van der Waals surface area contributed by atoms with E-state index in [1.165, 1.54) is 0 Å². The number of carbonyl (C=O) groups is 1. The van der Waals surface area contributed by atoms with Crippen molar-refractivity contribution in [3.8, 4) is 0 Å². The second-order valence-electron chi connectivity index (χ2n) is 4.79. The number of morpholine rings is 1. The molecule has 122 valence electrons. The summed E-state index contributed by atoms with van der Waals surface area (Å²) in [6.07, 6.45) is 4.37. The Labute approximate surface area is 141 Å². The molecule has 0 aromatic carbocycles. The van der Waals surface area contributed by atoms with Crippen LogP contribution >= 0.6 is 15.9 Å². The fraction of sp³-hybridized carbons (Fsp3) is 0.500. The lowest BCUT2D eigenvalue weighted by molar-refractivity contribution is 0.112. The molecule has 22 heavy (non-hydrogen) atoms. The highest BCUT2D eigenvalue weighted by molar-refractivity contribution is 9.15. The Morgan fingerprint density at radius 2 is 2.00 bits per heavy atom. The van der Waals surface area contributed by atoms with E-state index in [9.17, 15) is 4.79 Å². The molecule has 1 aliphatic rings. The maximum Gasteiger partial charge on any atom is 0.152 e. The minimum Gasteiger partial charge on any atom is -0.383 e. The SMILES string of the molecule is CC.CN(C)/C=C(/Br)c1cc(N2CCOCC2)ncc1C=O. The predicted molar refractivity (Wildman–Crippen MR) is 94.6 cm³/mol. The molecule has 2 heterocycles. The summed E-state index contributed by atoms with van der Waals surface area (Å²) in [6, 6.07) is 1.94. The Balaban J connectivity index is 0.00000116. The first-order valence-electron chi connectivity index (χ1n) is 7.44. The molecule has 0 unspecified atom stereocenters. The smallest absolute Gasteiger partial charge is 0.152 e. The molecule has 5 nitrogen and oxygen atoms in total. The number of ether oxygens (including phenoxy) is 1. The fourth-order valence-corrected chi connectivity index (χ4v) is 2.77. The van der Waals surface area contributed by atoms with E-state index in [-0.39, 0.29) is 0 Å². The van der Waals surface area contributed by atoms with Crippen molar-refractivity contribution in [2.75, 3.05) is 45.3 Å². The average molecular weight is 370 g/mol. The van der Waals surface area contributed by atoms with Crippen LogP contribution in [0.1, 0.15) is 29.8 Å². The van der Waals surface area contributed by atoms with Crippen LogP contribution < -0.4 is 4.90 Å². The molecule has 0 amide bonds. The summed E-state index contributed by atoms with van der Waals surface area (Å²) in [6.45, 7) is 7.06. The summed E-state index contributed by atoms with van der Waals surface area (Å²) < 4.78 is 6.21. The molecule has 0 radical (unpaired) electrons. The summed E-state index contributed by atoms with van der Waals surface area (Å²) in [4.78, 5) is 19.6. The Kier molecular flexibility index (Phi) is 8.12. The minimum atomic E-state index is 0.576. The van der Waals surface area contributed by atoms with Gasteiger partial charge in [0.15, 0.2) is 6.29 Å². The number of hydrogen-bond donors (Lipinski definition) is 0. The normalized spacial score (nSPS) is 15.0. The molecule has 0 N–H and O–H groups in total. The summed E-state index contributed by atoms with van der Waals surface area (Å²) in [5.74, 6) is 0.873. The van der Waals surface area contributed by atoms with Crippen LogP contribution in [0.2, 0.25) is 0 Å². The lowest BCUT2D eigenvalue weighted by atomic mass is 10.1. The number of aromatic nitrogens is 1. The molecule has 1 aromatic heterocycles. The van der Waals surface area contributed by atoms with Crippen LogP contribution in [-0.4, -0.2) is 56.6 Å². The minimum absolute atomic E-state index is 0.576. The van der Waals surface area contributed by atoms with E-state index in [1.54, 1.807) is 6.20 Å². The van der Waals surface area contributed by atoms with Gasteiger partial charge in [-0.2, -0.15) is 0 Å². The van der Waals surface area contributed by atoms with Gasteiger partial charge in [-0.1, -0.05) is 13.8 Å². The van der Waals surface area contributed by atoms with Crippen molar-refractivity contribution < 1.29 is 9.53 Å². The van der Waals surface area contributed by atoms with Crippen LogP contribution in [0.5, 0.6) is 0 Å². The van der Waals surface area contributed by atoms with Gasteiger partial charge in [0.2, 0.25) is 0 Å². The Morgan fingerprint density at radius 1 is 1.36 bits per heavy atom. The maximum atomic E-state index is 11.2. The van der Waals surface area contributed by atoms with Gasteiger partial charge in [-0.15, -0.1) is 0 Å². The highest BCUT2D eigenvalue weighted by atomic mass is 79.9. The van der Waals surface area contributed by atoms with Gasteiger partial charge in [0.05, 0.1) is 13.2 Å². The standard InChI is InChI=1S/C14H18BrN3O2.C2H6/c1-17(2)9-13(15)12-7-14(16-8-11(12)10-19)18-3-5-20-6-4-18;1-2/h7-10H,3-6H2,1-2H3;1-2H3/b13-9+;. The lowest BCUT2D eigenvalue weighted by Crippen LogP contribution is -2.36. The van der Waals surface area contributed by atoms with Crippen molar-refractivity contribution in [3.05, 3.63) is 29.6 Å². The number of anilines is 1. The fourth-order valence-electron chi connectivity index (χ4n) is 2.02. The quantitative estimate of drug-likeness (QED) is 0.763. The zero-order valence-electron chi connectivity index (χ0n) is 13.7. The third kappa shape index (κ3) is 5.10. The van der Waals surface area contributed by atoms with Crippen LogP contribution in [0.3, 0.4) is 0 Å². The molecule has 0 atom stereocenters. The van der Waals surface area contributed by atoms with Gasteiger partial charge in [0, 0.05) is 55.2 Å². The van der Waals surface area contributed by atoms with Crippen LogP contribution in [0.25, 0.3) is 4.48 Å². The molecule has 1 aromatic rings. The van der Waals surface area contributed by atoms with Crippen molar-refractivity contribution in [3.63, 3.8) is 0 Å². The number of pyridine rings is 1. The van der Waals surface area contributed by atoms with E-state index in [2.05, 4.69) is 25.8 Å². The first-order valence-corrected chi connectivity index (χ1v) is 8.23. The molecule has 1 aliphatic heterocycles. The number of halogens is 1. The first-order chi connectivity index (χ1) is 10.6. The molecule has 1 saturated heterocycles. The van der Waals surface area contributed by atoms with E-state index >= 15 is 0 Å². The molecule has 6 heteroatoms. The van der Waals surface area contributed by atoms with Crippen molar-refractivity contribution in [1.82, 2.24) is 9.88 Å². The van der Waals surface area contributed by atoms with Gasteiger partial charge >= 0.3 is 0 Å². The van der Waals surface area contributed by atoms with Gasteiger partial charge in [-0.05, 0) is 22.0 Å². The van der Waals surface area contributed by atoms with Crippen LogP contribution in [0, 0.1) is 0 Å². The summed E-state index contributed by atoms with van der Waals surface area (Å²) >= 11 is 3.53. The maximum absolute atomic E-state index is 11.2. The predicted octanol–water partition coefficient (Wildman–Crippen LogP) is 3.01. The first kappa shape index (κ1) is 18.6. The van der Waals surface area contributed by atoms with Crippen molar-refractivity contribution in [2.45, 2.75) is 13.8 Å². The van der Waals surface area contributed by atoms with Crippen LogP contribution in [0.4, 0.5) is 5.82 Å². The summed E-state index contributed by atoms with van der Waals surface area (Å²) in [5, 5.41) is 0.